The van der Waals surface area contributed by atoms with E-state index in [9.17, 15) is 26.7 Å². The van der Waals surface area contributed by atoms with Gasteiger partial charge in [0.15, 0.2) is 0 Å². The van der Waals surface area contributed by atoms with E-state index in [1.54, 1.807) is 12.1 Å². The number of aromatic hydroxyl groups is 1. The van der Waals surface area contributed by atoms with Crippen LogP contribution in [0.1, 0.15) is 0 Å². The van der Waals surface area contributed by atoms with Crippen LogP contribution in [0.4, 0.5) is 18.9 Å². The maximum atomic E-state index is 12.8. The zero-order valence-corrected chi connectivity index (χ0v) is 14.9. The predicted octanol–water partition coefficient (Wildman–Crippen LogP) is 2.80. The van der Waals surface area contributed by atoms with E-state index in [1.807, 2.05) is 4.90 Å². The van der Waals surface area contributed by atoms with E-state index in [-0.39, 0.29) is 18.8 Å². The summed E-state index contributed by atoms with van der Waals surface area (Å²) in [5.74, 6) is -0.618. The summed E-state index contributed by atoms with van der Waals surface area (Å²) < 4.78 is 68.3. The first-order chi connectivity index (χ1) is 12.7. The molecule has 0 amide bonds. The smallest absolute Gasteiger partial charge is 0.508 e. The highest BCUT2D eigenvalue weighted by Crippen LogP contribution is 2.32. The fraction of sp³-hybridized carbons (Fsp3) is 0.294. The molecule has 27 heavy (non-hydrogen) atoms. The second-order valence-corrected chi connectivity index (χ2v) is 7.81. The van der Waals surface area contributed by atoms with Crippen LogP contribution in [-0.2, 0) is 10.0 Å². The maximum Gasteiger partial charge on any atom is 0.573 e. The number of halogens is 3. The van der Waals surface area contributed by atoms with Crippen molar-refractivity contribution in [3.8, 4) is 11.5 Å². The Morgan fingerprint density at radius 3 is 2.11 bits per heavy atom. The normalized spacial score (nSPS) is 16.3. The third kappa shape index (κ3) is 4.45. The highest BCUT2D eigenvalue weighted by atomic mass is 32.2. The van der Waals surface area contributed by atoms with Crippen molar-refractivity contribution >= 4 is 15.7 Å². The van der Waals surface area contributed by atoms with Gasteiger partial charge in [-0.2, -0.15) is 4.31 Å². The minimum absolute atomic E-state index is 0.115. The molecule has 0 unspecified atom stereocenters. The zero-order chi connectivity index (χ0) is 19.7. The van der Waals surface area contributed by atoms with E-state index in [2.05, 4.69) is 4.74 Å². The molecule has 0 aliphatic carbocycles. The Balaban J connectivity index is 1.77. The molecule has 3 rings (SSSR count). The lowest BCUT2D eigenvalue weighted by Gasteiger charge is -2.35. The molecule has 1 fully saturated rings. The number of para-hydroxylation sites is 1. The highest BCUT2D eigenvalue weighted by molar-refractivity contribution is 7.89. The number of alkyl halides is 3. The average molecular weight is 402 g/mol. The molecule has 0 bridgehead atoms. The molecule has 0 atom stereocenters. The molecule has 1 aliphatic rings. The Labute approximate surface area is 154 Å². The second-order valence-electron chi connectivity index (χ2n) is 5.90. The molecule has 146 valence electrons. The molecule has 6 nitrogen and oxygen atoms in total. The van der Waals surface area contributed by atoms with E-state index in [0.717, 1.165) is 22.1 Å². The monoisotopic (exact) mass is 402 g/mol. The average Bonchev–Trinajstić information content (AvgIpc) is 2.61. The molecule has 0 saturated carbocycles. The van der Waals surface area contributed by atoms with Crippen molar-refractivity contribution in [3.63, 3.8) is 0 Å². The van der Waals surface area contributed by atoms with Crippen LogP contribution in [0.15, 0.2) is 53.4 Å². The molecular formula is C17H17F3N2O4S. The number of hydrogen-bond acceptors (Lipinski definition) is 5. The topological polar surface area (TPSA) is 70.1 Å². The van der Waals surface area contributed by atoms with Gasteiger partial charge in [-0.05, 0) is 36.4 Å². The second kappa shape index (κ2) is 7.28. The molecule has 1 N–H and O–H groups in total. The first kappa shape index (κ1) is 19.3. The quantitative estimate of drug-likeness (QED) is 0.852. The number of hydrogen-bond donors (Lipinski definition) is 1. The van der Waals surface area contributed by atoms with Crippen LogP contribution in [0.3, 0.4) is 0 Å². The summed E-state index contributed by atoms with van der Waals surface area (Å²) in [4.78, 5) is 1.42. The summed E-state index contributed by atoms with van der Waals surface area (Å²) in [6, 6.07) is 11.2. The Kier molecular flexibility index (Phi) is 5.20. The van der Waals surface area contributed by atoms with Crippen molar-refractivity contribution in [2.75, 3.05) is 31.1 Å². The molecule has 0 radical (unpaired) electrons. The Morgan fingerprint density at radius 2 is 1.52 bits per heavy atom. The van der Waals surface area contributed by atoms with Gasteiger partial charge in [-0.1, -0.05) is 12.1 Å². The van der Waals surface area contributed by atoms with Gasteiger partial charge < -0.3 is 14.7 Å². The van der Waals surface area contributed by atoms with E-state index >= 15 is 0 Å². The summed E-state index contributed by atoms with van der Waals surface area (Å²) in [5.41, 5.74) is 0.825. The van der Waals surface area contributed by atoms with E-state index in [4.69, 9.17) is 0 Å². The summed E-state index contributed by atoms with van der Waals surface area (Å²) in [6.45, 7) is 0.964. The van der Waals surface area contributed by atoms with E-state index in [0.29, 0.717) is 13.1 Å². The number of phenols is 1. The van der Waals surface area contributed by atoms with E-state index < -0.39 is 27.0 Å². The fourth-order valence-corrected chi connectivity index (χ4v) is 4.40. The van der Waals surface area contributed by atoms with Gasteiger partial charge in [0.1, 0.15) is 16.4 Å². The van der Waals surface area contributed by atoms with E-state index in [1.165, 1.54) is 24.3 Å². The van der Waals surface area contributed by atoms with Crippen molar-refractivity contribution in [1.82, 2.24) is 4.31 Å². The van der Waals surface area contributed by atoms with Crippen molar-refractivity contribution in [3.05, 3.63) is 48.5 Å². The molecule has 2 aromatic carbocycles. The lowest BCUT2D eigenvalue weighted by Crippen LogP contribution is -2.48. The van der Waals surface area contributed by atoms with Crippen molar-refractivity contribution < 1.29 is 31.4 Å². The van der Waals surface area contributed by atoms with Gasteiger partial charge in [0.25, 0.3) is 0 Å². The lowest BCUT2D eigenvalue weighted by molar-refractivity contribution is -0.275. The minimum Gasteiger partial charge on any atom is -0.508 e. The van der Waals surface area contributed by atoms with Crippen LogP contribution in [0.25, 0.3) is 0 Å². The van der Waals surface area contributed by atoms with Crippen LogP contribution in [0, 0.1) is 0 Å². The molecule has 10 heteroatoms. The zero-order valence-electron chi connectivity index (χ0n) is 14.1. The molecular weight excluding hydrogens is 385 g/mol. The number of ether oxygens (including phenoxy) is 1. The molecule has 1 aliphatic heterocycles. The molecule has 1 saturated heterocycles. The number of benzene rings is 2. The number of piperazine rings is 1. The molecule has 2 aromatic rings. The van der Waals surface area contributed by atoms with Gasteiger partial charge in [0, 0.05) is 31.9 Å². The number of sulfonamides is 1. The number of phenolic OH excluding ortho intramolecular Hbond substituents is 1. The Hall–Kier alpha value is -2.46. The molecule has 0 aromatic heterocycles. The first-order valence-electron chi connectivity index (χ1n) is 8.06. The summed E-state index contributed by atoms with van der Waals surface area (Å²) in [7, 11) is -4.14. The molecule has 0 spiro atoms. The largest absolute Gasteiger partial charge is 0.573 e. The summed E-state index contributed by atoms with van der Waals surface area (Å²) >= 11 is 0. The van der Waals surface area contributed by atoms with Crippen molar-refractivity contribution in [1.29, 1.82) is 0 Å². The highest BCUT2D eigenvalue weighted by Gasteiger charge is 2.36. The third-order valence-corrected chi connectivity index (χ3v) is 6.08. The van der Waals surface area contributed by atoms with Crippen molar-refractivity contribution in [2.24, 2.45) is 0 Å². The van der Waals surface area contributed by atoms with Gasteiger partial charge in [0.2, 0.25) is 10.0 Å². The van der Waals surface area contributed by atoms with Crippen LogP contribution < -0.4 is 9.64 Å². The lowest BCUT2D eigenvalue weighted by atomic mass is 10.2. The van der Waals surface area contributed by atoms with Crippen molar-refractivity contribution in [2.45, 2.75) is 11.3 Å². The standard InChI is InChI=1S/C17H17F3N2O4S/c18-17(19,20)26-15-3-1-2-4-16(15)27(24,25)22-11-9-21(10-12-22)13-5-7-14(23)8-6-13/h1-8,23H,9-12H2. The number of rotatable bonds is 4. The van der Waals surface area contributed by atoms with Crippen LogP contribution in [0.2, 0.25) is 0 Å². The summed E-state index contributed by atoms with van der Waals surface area (Å²) in [6.07, 6.45) is -4.98. The van der Waals surface area contributed by atoms with Crippen LogP contribution in [-0.4, -0.2) is 50.4 Å². The number of anilines is 1. The predicted molar refractivity (Wildman–Crippen MR) is 92.2 cm³/mol. The molecule has 1 heterocycles. The SMILES string of the molecule is O=S(=O)(c1ccccc1OC(F)(F)F)N1CCN(c2ccc(O)cc2)CC1. The van der Waals surface area contributed by atoms with Gasteiger partial charge in [-0.25, -0.2) is 8.42 Å². The van der Waals surface area contributed by atoms with Gasteiger partial charge in [-0.3, -0.25) is 0 Å². The first-order valence-corrected chi connectivity index (χ1v) is 9.50. The third-order valence-electron chi connectivity index (χ3n) is 4.15. The number of nitrogens with zero attached hydrogens (tertiary/aromatic N) is 2. The Morgan fingerprint density at radius 1 is 0.926 bits per heavy atom. The Bertz CT molecular complexity index is 893. The van der Waals surface area contributed by atoms with Crippen LogP contribution in [0.5, 0.6) is 11.5 Å². The minimum atomic E-state index is -4.98. The fourth-order valence-electron chi connectivity index (χ4n) is 2.86. The van der Waals surface area contributed by atoms with Gasteiger partial charge >= 0.3 is 6.36 Å². The summed E-state index contributed by atoms with van der Waals surface area (Å²) in [5, 5.41) is 9.34. The van der Waals surface area contributed by atoms with Gasteiger partial charge in [0.05, 0.1) is 0 Å². The van der Waals surface area contributed by atoms with Gasteiger partial charge in [-0.15, -0.1) is 13.2 Å². The maximum absolute atomic E-state index is 12.8. The van der Waals surface area contributed by atoms with Crippen LogP contribution >= 0.6 is 0 Å².